The van der Waals surface area contributed by atoms with Crippen LogP contribution in [-0.4, -0.2) is 90.7 Å². The molecular formula is C22H50N5O3PS2. The van der Waals surface area contributed by atoms with Crippen molar-refractivity contribution in [1.82, 2.24) is 20.0 Å². The number of ether oxygens (including phenoxy) is 2. The highest BCUT2D eigenvalue weighted by atomic mass is 33.1. The summed E-state index contributed by atoms with van der Waals surface area (Å²) in [7, 11) is 4.32. The quantitative estimate of drug-likeness (QED) is 0.0538. The molecule has 0 aliphatic heterocycles. The smallest absolute Gasteiger partial charge is 0.189 e. The lowest BCUT2D eigenvalue weighted by Gasteiger charge is -2.45. The zero-order valence-electron chi connectivity index (χ0n) is 22.5. The maximum atomic E-state index is 7.52. The van der Waals surface area contributed by atoms with Crippen molar-refractivity contribution >= 4 is 36.0 Å². The van der Waals surface area contributed by atoms with E-state index in [1.807, 2.05) is 6.92 Å². The fourth-order valence-corrected chi connectivity index (χ4v) is 7.58. The van der Waals surface area contributed by atoms with E-state index in [9.17, 15) is 0 Å². The summed E-state index contributed by atoms with van der Waals surface area (Å²) in [6.07, 6.45) is -0.247. The zero-order valence-corrected chi connectivity index (χ0v) is 25.0. The van der Waals surface area contributed by atoms with Gasteiger partial charge >= 0.3 is 0 Å². The fraction of sp³-hybridized carbons (Fsp3) is 0.955. The molecule has 0 aromatic rings. The van der Waals surface area contributed by atoms with Crippen molar-refractivity contribution in [3.05, 3.63) is 0 Å². The van der Waals surface area contributed by atoms with Crippen LogP contribution in [0.2, 0.25) is 0 Å². The van der Waals surface area contributed by atoms with Crippen molar-refractivity contribution in [2.45, 2.75) is 92.8 Å². The van der Waals surface area contributed by atoms with E-state index in [-0.39, 0.29) is 6.29 Å². The molecule has 1 unspecified atom stereocenters. The lowest BCUT2D eigenvalue weighted by atomic mass is 10.3. The summed E-state index contributed by atoms with van der Waals surface area (Å²) in [6, 6.07) is 1.59. The normalized spacial score (nSPS) is 13.4. The summed E-state index contributed by atoms with van der Waals surface area (Å²) in [5.74, 6) is 2.00. The van der Waals surface area contributed by atoms with Gasteiger partial charge in [-0.3, -0.25) is 5.41 Å². The van der Waals surface area contributed by atoms with Gasteiger partial charge in [0.25, 0.3) is 0 Å². The van der Waals surface area contributed by atoms with Crippen molar-refractivity contribution in [2.75, 3.05) is 44.9 Å². The third-order valence-electron chi connectivity index (χ3n) is 4.48. The van der Waals surface area contributed by atoms with E-state index >= 15 is 0 Å². The minimum atomic E-state index is -0.902. The second-order valence-corrected chi connectivity index (χ2v) is 12.9. The zero-order chi connectivity index (χ0) is 25.4. The molecule has 0 bridgehead atoms. The second-order valence-electron chi connectivity index (χ2n) is 8.63. The Hall–Kier alpha value is 0.200. The van der Waals surface area contributed by atoms with Crippen molar-refractivity contribution in [1.29, 1.82) is 5.41 Å². The molecule has 0 amide bonds. The first-order valence-corrected chi connectivity index (χ1v) is 15.7. The third-order valence-corrected chi connectivity index (χ3v) is 9.89. The Bertz CT molecular complexity index is 469. The van der Waals surface area contributed by atoms with Crippen molar-refractivity contribution in [3.8, 4) is 0 Å². The van der Waals surface area contributed by atoms with Gasteiger partial charge in [0.2, 0.25) is 0 Å². The molecule has 198 valence electrons. The average Bonchev–Trinajstić information content (AvgIpc) is 2.71. The summed E-state index contributed by atoms with van der Waals surface area (Å²) in [4.78, 5) is 0. The fourth-order valence-electron chi connectivity index (χ4n) is 3.33. The molecule has 11 heteroatoms. The number of hydrogen-bond acceptors (Lipinski definition) is 8. The van der Waals surface area contributed by atoms with Gasteiger partial charge in [-0.05, 0) is 62.3 Å². The number of rotatable bonds is 19. The van der Waals surface area contributed by atoms with Crippen LogP contribution in [-0.2, 0) is 14.0 Å². The molecule has 0 radical (unpaired) electrons. The molecule has 33 heavy (non-hydrogen) atoms. The highest BCUT2D eigenvalue weighted by molar-refractivity contribution is 8.76. The molecule has 8 nitrogen and oxygen atoms in total. The summed E-state index contributed by atoms with van der Waals surface area (Å²) in [6.45, 7) is 22.3. The van der Waals surface area contributed by atoms with Crippen LogP contribution in [0.25, 0.3) is 0 Å². The Balaban J connectivity index is 4.72. The molecule has 3 N–H and O–H groups in total. The number of guanidine groups is 1. The predicted octanol–water partition coefficient (Wildman–Crippen LogP) is 4.97. The molecule has 0 aliphatic rings. The van der Waals surface area contributed by atoms with E-state index < -0.39 is 8.45 Å². The topological polar surface area (TPSA) is 82.1 Å². The lowest BCUT2D eigenvalue weighted by Crippen LogP contribution is -2.43. The minimum absolute atomic E-state index is 0.247. The van der Waals surface area contributed by atoms with Crippen molar-refractivity contribution in [3.63, 3.8) is 0 Å². The predicted molar refractivity (Wildman–Crippen MR) is 148 cm³/mol. The van der Waals surface area contributed by atoms with E-state index in [4.69, 9.17) is 19.4 Å². The summed E-state index contributed by atoms with van der Waals surface area (Å²) >= 11 is 0. The Morgan fingerprint density at radius 3 is 1.88 bits per heavy atom. The summed E-state index contributed by atoms with van der Waals surface area (Å²) in [5, 5.41) is 13.3. The standard InChI is InChI=1S/C22H50N5O3PS2/c1-11-28-21(16-33-32-15-12-25-22(23)24-10)29-13-14-30-31(26(17(2)3)18(4)5)27(19(6)7)20(8)9/h17-21H,11-16H2,1-10H3,(H3,23,24,25). The molecule has 0 saturated heterocycles. The van der Waals surface area contributed by atoms with Crippen LogP contribution in [0.15, 0.2) is 0 Å². The Morgan fingerprint density at radius 2 is 1.42 bits per heavy atom. The molecule has 0 aromatic heterocycles. The van der Waals surface area contributed by atoms with E-state index in [1.54, 1.807) is 28.6 Å². The molecule has 1 atom stereocenters. The summed E-state index contributed by atoms with van der Waals surface area (Å²) in [5.41, 5.74) is 0. The van der Waals surface area contributed by atoms with Crippen LogP contribution < -0.4 is 10.6 Å². The highest BCUT2D eigenvalue weighted by Gasteiger charge is 2.34. The molecule has 0 heterocycles. The first-order valence-electron chi connectivity index (χ1n) is 12.0. The Morgan fingerprint density at radius 1 is 0.879 bits per heavy atom. The van der Waals surface area contributed by atoms with Gasteiger partial charge in [0.05, 0.1) is 19.0 Å². The maximum absolute atomic E-state index is 7.52. The van der Waals surface area contributed by atoms with E-state index in [0.717, 1.165) is 18.1 Å². The van der Waals surface area contributed by atoms with Gasteiger partial charge in [0.1, 0.15) is 0 Å². The van der Waals surface area contributed by atoms with Crippen LogP contribution in [0.5, 0.6) is 0 Å². The average molecular weight is 528 g/mol. The largest absolute Gasteiger partial charge is 0.360 e. The first kappa shape index (κ1) is 33.2. The van der Waals surface area contributed by atoms with E-state index in [2.05, 4.69) is 75.4 Å². The van der Waals surface area contributed by atoms with Gasteiger partial charge in [-0.15, -0.1) is 0 Å². The molecule has 0 spiro atoms. The Kier molecular flexibility index (Phi) is 19.5. The van der Waals surface area contributed by atoms with E-state index in [0.29, 0.717) is 49.9 Å². The van der Waals surface area contributed by atoms with Crippen molar-refractivity contribution in [2.24, 2.45) is 0 Å². The van der Waals surface area contributed by atoms with Crippen molar-refractivity contribution < 1.29 is 14.0 Å². The molecule has 0 aliphatic carbocycles. The minimum Gasteiger partial charge on any atom is -0.360 e. The van der Waals surface area contributed by atoms with Crippen LogP contribution in [0.4, 0.5) is 0 Å². The van der Waals surface area contributed by atoms with Crippen LogP contribution in [0, 0.1) is 5.41 Å². The number of hydrogen-bond donors (Lipinski definition) is 3. The monoisotopic (exact) mass is 527 g/mol. The van der Waals surface area contributed by atoms with Crippen LogP contribution in [0.1, 0.15) is 62.3 Å². The number of nitrogens with zero attached hydrogens (tertiary/aromatic N) is 2. The van der Waals surface area contributed by atoms with Gasteiger partial charge < -0.3 is 24.6 Å². The van der Waals surface area contributed by atoms with Gasteiger partial charge in [-0.25, -0.2) is 9.34 Å². The summed E-state index contributed by atoms with van der Waals surface area (Å²) < 4.78 is 23.3. The van der Waals surface area contributed by atoms with Gasteiger partial charge in [0.15, 0.2) is 20.7 Å². The van der Waals surface area contributed by atoms with Gasteiger partial charge in [0, 0.05) is 50.1 Å². The van der Waals surface area contributed by atoms with Gasteiger partial charge in [-0.2, -0.15) is 0 Å². The second kappa shape index (κ2) is 19.4. The van der Waals surface area contributed by atoms with Crippen LogP contribution in [0.3, 0.4) is 0 Å². The molecule has 0 rings (SSSR count). The SMILES string of the molecule is CCOC(CSSCCNC(=N)NC)OCCOP(N(C(C)C)C(C)C)N(C(C)C)C(C)C. The van der Waals surface area contributed by atoms with Crippen LogP contribution >= 0.6 is 30.0 Å². The Labute approximate surface area is 212 Å². The third kappa shape index (κ3) is 14.4. The maximum Gasteiger partial charge on any atom is 0.189 e. The highest BCUT2D eigenvalue weighted by Crippen LogP contribution is 2.50. The van der Waals surface area contributed by atoms with Gasteiger partial charge in [-0.1, -0.05) is 21.6 Å². The molecule has 0 fully saturated rings. The molecule has 0 aromatic carbocycles. The molecule has 0 saturated carbocycles. The first-order chi connectivity index (χ1) is 15.6. The van der Waals surface area contributed by atoms with E-state index in [1.165, 1.54) is 0 Å². The molecular weight excluding hydrogens is 477 g/mol. The lowest BCUT2D eigenvalue weighted by molar-refractivity contribution is -0.128. The number of nitrogens with one attached hydrogen (secondary N) is 3.